The molecule has 0 aliphatic carbocycles. The van der Waals surface area contributed by atoms with Crippen molar-refractivity contribution in [2.75, 3.05) is 29.9 Å². The molecule has 0 bridgehead atoms. The van der Waals surface area contributed by atoms with Crippen molar-refractivity contribution in [1.82, 2.24) is 25.6 Å². The summed E-state index contributed by atoms with van der Waals surface area (Å²) in [4.78, 5) is 52.8. The third-order valence-corrected chi connectivity index (χ3v) is 8.51. The van der Waals surface area contributed by atoms with Crippen LogP contribution in [-0.2, 0) is 4.79 Å². The highest BCUT2D eigenvalue weighted by Crippen LogP contribution is 2.28. The Kier molecular flexibility index (Phi) is 10.8. The Morgan fingerprint density at radius 3 is 2.54 bits per heavy atom. The SMILES string of the molecule is C=C(Nc1cc(C(=O)NC(CCO)c2ccccc2)ccc1Cl)c1cc2cnc(N3CCC(NC(=O)CC(C)(C)C)CC3)nc2[nH]c1=O. The summed E-state index contributed by atoms with van der Waals surface area (Å²) < 4.78 is 0. The fraction of sp³-hybridized carbons (Fsp3) is 0.361. The van der Waals surface area contributed by atoms with Crippen molar-refractivity contribution in [3.63, 3.8) is 0 Å². The van der Waals surface area contributed by atoms with E-state index >= 15 is 0 Å². The molecule has 48 heavy (non-hydrogen) atoms. The summed E-state index contributed by atoms with van der Waals surface area (Å²) in [6.07, 6.45) is 4.06. The average Bonchev–Trinajstić information content (AvgIpc) is 3.04. The standard InChI is InChI=1S/C36H42ClN7O4/c1-22(39-30-19-24(10-11-28(30)37)33(47)41-29(14-17-45)23-8-6-5-7-9-23)27-18-25-21-38-35(43-32(25)42-34(27)48)44-15-12-26(13-16-44)40-31(46)20-36(2,3)4/h5-11,18-19,21,26,29,39,45H,1,12-17,20H2,2-4H3,(H,40,46)(H,41,47)(H,38,42,43,48). The number of pyridine rings is 1. The fourth-order valence-electron chi connectivity index (χ4n) is 5.71. The number of hydrogen-bond acceptors (Lipinski definition) is 8. The number of hydrogen-bond donors (Lipinski definition) is 5. The van der Waals surface area contributed by atoms with E-state index in [2.05, 4.69) is 42.4 Å². The molecule has 0 spiro atoms. The summed E-state index contributed by atoms with van der Waals surface area (Å²) in [5.74, 6) is 0.241. The molecule has 1 atom stereocenters. The number of carbonyl (C=O) groups is 2. The van der Waals surface area contributed by atoms with E-state index in [-0.39, 0.29) is 47.2 Å². The molecule has 1 aliphatic heterocycles. The zero-order valence-corrected chi connectivity index (χ0v) is 28.2. The van der Waals surface area contributed by atoms with E-state index in [1.165, 1.54) is 0 Å². The Bertz CT molecular complexity index is 1850. The van der Waals surface area contributed by atoms with Crippen LogP contribution in [0.3, 0.4) is 0 Å². The van der Waals surface area contributed by atoms with Crippen LogP contribution in [0.4, 0.5) is 11.6 Å². The van der Waals surface area contributed by atoms with Crippen molar-refractivity contribution in [1.29, 1.82) is 0 Å². The quantitative estimate of drug-likeness (QED) is 0.142. The van der Waals surface area contributed by atoms with Gasteiger partial charge in [0.2, 0.25) is 11.9 Å². The number of H-pyrrole nitrogens is 1. The highest BCUT2D eigenvalue weighted by atomic mass is 35.5. The number of benzene rings is 2. The van der Waals surface area contributed by atoms with E-state index in [4.69, 9.17) is 11.6 Å². The molecule has 5 N–H and O–H groups in total. The number of amides is 2. The van der Waals surface area contributed by atoms with Crippen LogP contribution in [0.2, 0.25) is 5.02 Å². The molecule has 5 rings (SSSR count). The number of nitrogens with zero attached hydrogens (tertiary/aromatic N) is 3. The van der Waals surface area contributed by atoms with Crippen molar-refractivity contribution in [2.24, 2.45) is 5.41 Å². The number of rotatable bonds is 11. The van der Waals surface area contributed by atoms with Crippen LogP contribution in [0.15, 0.2) is 72.2 Å². The van der Waals surface area contributed by atoms with Gasteiger partial charge < -0.3 is 30.9 Å². The van der Waals surface area contributed by atoms with Crippen molar-refractivity contribution >= 4 is 51.8 Å². The van der Waals surface area contributed by atoms with Gasteiger partial charge in [-0.1, -0.05) is 69.3 Å². The summed E-state index contributed by atoms with van der Waals surface area (Å²) in [6, 6.07) is 15.6. The number of piperidine rings is 1. The van der Waals surface area contributed by atoms with Crippen molar-refractivity contribution in [3.8, 4) is 0 Å². The van der Waals surface area contributed by atoms with Gasteiger partial charge in [-0.15, -0.1) is 0 Å². The lowest BCUT2D eigenvalue weighted by atomic mass is 9.91. The van der Waals surface area contributed by atoms with Gasteiger partial charge in [0.25, 0.3) is 11.5 Å². The van der Waals surface area contributed by atoms with Crippen LogP contribution in [-0.4, -0.2) is 57.6 Å². The number of aromatic nitrogens is 3. The predicted molar refractivity (Wildman–Crippen MR) is 190 cm³/mol. The molecule has 0 radical (unpaired) electrons. The first-order valence-electron chi connectivity index (χ1n) is 16.1. The van der Waals surface area contributed by atoms with Gasteiger partial charge in [-0.25, -0.2) is 4.98 Å². The largest absolute Gasteiger partial charge is 0.396 e. The summed E-state index contributed by atoms with van der Waals surface area (Å²) >= 11 is 6.47. The number of aromatic amines is 1. The third-order valence-electron chi connectivity index (χ3n) is 8.18. The van der Waals surface area contributed by atoms with E-state index in [0.717, 1.165) is 18.4 Å². The van der Waals surface area contributed by atoms with E-state index < -0.39 is 5.56 Å². The first-order chi connectivity index (χ1) is 22.9. The van der Waals surface area contributed by atoms with E-state index in [0.29, 0.717) is 59.2 Å². The van der Waals surface area contributed by atoms with E-state index in [9.17, 15) is 19.5 Å². The Morgan fingerprint density at radius 2 is 1.85 bits per heavy atom. The van der Waals surface area contributed by atoms with Crippen LogP contribution in [0, 0.1) is 5.41 Å². The Balaban J connectivity index is 1.25. The molecule has 1 aliphatic rings. The van der Waals surface area contributed by atoms with Gasteiger partial charge in [0.15, 0.2) is 0 Å². The van der Waals surface area contributed by atoms with Gasteiger partial charge in [0, 0.05) is 55.0 Å². The lowest BCUT2D eigenvalue weighted by molar-refractivity contribution is -0.123. The molecule has 3 heterocycles. The van der Waals surface area contributed by atoms with Crippen LogP contribution >= 0.6 is 11.6 Å². The van der Waals surface area contributed by atoms with Gasteiger partial charge in [0.05, 0.1) is 22.3 Å². The molecule has 1 saturated heterocycles. The van der Waals surface area contributed by atoms with Crippen molar-refractivity contribution < 1.29 is 14.7 Å². The number of aliphatic hydroxyl groups is 1. The van der Waals surface area contributed by atoms with Crippen LogP contribution in [0.1, 0.15) is 74.0 Å². The number of fused-ring (bicyclic) bond motifs is 1. The first kappa shape index (κ1) is 34.6. The molecule has 1 unspecified atom stereocenters. The lowest BCUT2D eigenvalue weighted by Crippen LogP contribution is -2.45. The second-order valence-electron chi connectivity index (χ2n) is 13.3. The Morgan fingerprint density at radius 1 is 1.12 bits per heavy atom. The second-order valence-corrected chi connectivity index (χ2v) is 13.7. The highest BCUT2D eigenvalue weighted by molar-refractivity contribution is 6.33. The summed E-state index contributed by atoms with van der Waals surface area (Å²) in [5, 5.41) is 19.7. The minimum Gasteiger partial charge on any atom is -0.396 e. The zero-order chi connectivity index (χ0) is 34.4. The molecule has 252 valence electrons. The lowest BCUT2D eigenvalue weighted by Gasteiger charge is -2.33. The van der Waals surface area contributed by atoms with Crippen LogP contribution in [0.25, 0.3) is 16.7 Å². The molecule has 2 amide bonds. The molecule has 0 saturated carbocycles. The zero-order valence-electron chi connectivity index (χ0n) is 27.5. The molecule has 2 aromatic heterocycles. The van der Waals surface area contributed by atoms with Crippen LogP contribution in [0.5, 0.6) is 0 Å². The summed E-state index contributed by atoms with van der Waals surface area (Å²) in [7, 11) is 0. The monoisotopic (exact) mass is 671 g/mol. The van der Waals surface area contributed by atoms with Gasteiger partial charge in [-0.2, -0.15) is 4.98 Å². The fourth-order valence-corrected chi connectivity index (χ4v) is 5.88. The van der Waals surface area contributed by atoms with E-state index in [1.807, 2.05) is 51.1 Å². The maximum Gasteiger partial charge on any atom is 0.258 e. The number of halogens is 1. The molecular formula is C36H42ClN7O4. The Labute approximate surface area is 284 Å². The Hall–Kier alpha value is -4.74. The summed E-state index contributed by atoms with van der Waals surface area (Å²) in [6.45, 7) is 11.5. The van der Waals surface area contributed by atoms with Gasteiger partial charge >= 0.3 is 0 Å². The van der Waals surface area contributed by atoms with Gasteiger partial charge in [-0.05, 0) is 54.5 Å². The topological polar surface area (TPSA) is 152 Å². The number of carbonyl (C=O) groups excluding carboxylic acids is 2. The number of aliphatic hydroxyl groups excluding tert-OH is 1. The second kappa shape index (κ2) is 15.0. The molecule has 4 aromatic rings. The van der Waals surface area contributed by atoms with Crippen molar-refractivity contribution in [2.45, 2.75) is 58.5 Å². The number of nitrogens with one attached hydrogen (secondary N) is 4. The normalized spacial score (nSPS) is 14.4. The van der Waals surface area contributed by atoms with Crippen molar-refractivity contribution in [3.05, 3.63) is 99.4 Å². The average molecular weight is 672 g/mol. The smallest absolute Gasteiger partial charge is 0.258 e. The minimum atomic E-state index is -0.398. The number of anilines is 2. The highest BCUT2D eigenvalue weighted by Gasteiger charge is 2.25. The first-order valence-corrected chi connectivity index (χ1v) is 16.4. The molecular weight excluding hydrogens is 630 g/mol. The molecule has 1 fully saturated rings. The maximum atomic E-state index is 13.2. The molecule has 2 aromatic carbocycles. The third kappa shape index (κ3) is 8.78. The maximum absolute atomic E-state index is 13.2. The van der Waals surface area contributed by atoms with Gasteiger partial charge in [-0.3, -0.25) is 14.4 Å². The molecule has 12 heteroatoms. The minimum absolute atomic E-state index is 0.0618. The molecule has 11 nitrogen and oxygen atoms in total. The van der Waals surface area contributed by atoms with Gasteiger partial charge in [0.1, 0.15) is 5.65 Å². The summed E-state index contributed by atoms with van der Waals surface area (Å²) in [5.41, 5.74) is 2.11. The predicted octanol–water partition coefficient (Wildman–Crippen LogP) is 5.43. The van der Waals surface area contributed by atoms with Crippen LogP contribution < -0.4 is 26.4 Å². The van der Waals surface area contributed by atoms with E-state index in [1.54, 1.807) is 30.5 Å².